The normalized spacial score (nSPS) is 28.1. The van der Waals surface area contributed by atoms with Gasteiger partial charge in [0.1, 0.15) is 5.75 Å². The van der Waals surface area contributed by atoms with Crippen LogP contribution in [0.1, 0.15) is 56.8 Å². The van der Waals surface area contributed by atoms with E-state index >= 15 is 0 Å². The van der Waals surface area contributed by atoms with Crippen molar-refractivity contribution in [3.8, 4) is 5.75 Å². The quantitative estimate of drug-likeness (QED) is 0.312. The lowest BCUT2D eigenvalue weighted by Crippen LogP contribution is -2.57. The van der Waals surface area contributed by atoms with E-state index < -0.39 is 5.97 Å². The number of guanidine groups is 1. The third-order valence-corrected chi connectivity index (χ3v) is 5.88. The molecule has 0 amide bonds. The molecule has 4 unspecified atom stereocenters. The predicted octanol–water partition coefficient (Wildman–Crippen LogP) is 3.21. The molecule has 3 rings (SSSR count). The Morgan fingerprint density at radius 2 is 1.90 bits per heavy atom. The summed E-state index contributed by atoms with van der Waals surface area (Å²) in [5, 5.41) is 17.3. The van der Waals surface area contributed by atoms with Crippen LogP contribution < -0.4 is 10.6 Å². The molecule has 0 aromatic heterocycles. The maximum Gasteiger partial charge on any atom is 0.337 e. The van der Waals surface area contributed by atoms with Gasteiger partial charge >= 0.3 is 5.97 Å². The summed E-state index contributed by atoms with van der Waals surface area (Å²) >= 11 is 0. The third kappa shape index (κ3) is 5.41. The molecule has 2 aliphatic rings. The van der Waals surface area contributed by atoms with Gasteiger partial charge in [0.2, 0.25) is 0 Å². The molecule has 7 nitrogen and oxygen atoms in total. The number of hydrogen-bond acceptors (Lipinski definition) is 5. The fourth-order valence-electron chi connectivity index (χ4n) is 4.34. The van der Waals surface area contributed by atoms with E-state index in [0.717, 1.165) is 25.5 Å². The molecular weight excluding hydrogens is 368 g/mol. The number of carbonyl (C=O) groups is 1. The summed E-state index contributed by atoms with van der Waals surface area (Å²) in [5.74, 6) is 0.949. The Kier molecular flexibility index (Phi) is 7.00. The van der Waals surface area contributed by atoms with Gasteiger partial charge in [-0.2, -0.15) is 0 Å². The van der Waals surface area contributed by atoms with Crippen molar-refractivity contribution in [2.24, 2.45) is 10.9 Å². The Balaban J connectivity index is 1.92. The van der Waals surface area contributed by atoms with Crippen LogP contribution in [0.4, 0.5) is 5.69 Å². The highest BCUT2D eigenvalue weighted by Gasteiger charge is 2.27. The molecule has 29 heavy (non-hydrogen) atoms. The molecule has 1 saturated heterocycles. The van der Waals surface area contributed by atoms with Crippen molar-refractivity contribution in [1.29, 1.82) is 0 Å². The lowest BCUT2D eigenvalue weighted by molar-refractivity contribution is 0.0601. The second-order valence-corrected chi connectivity index (χ2v) is 8.50. The van der Waals surface area contributed by atoms with E-state index in [1.54, 1.807) is 12.1 Å². The number of anilines is 1. The van der Waals surface area contributed by atoms with Crippen molar-refractivity contribution in [2.75, 3.05) is 25.5 Å². The minimum Gasteiger partial charge on any atom is -0.506 e. The molecule has 7 heteroatoms. The first-order chi connectivity index (χ1) is 13.9. The summed E-state index contributed by atoms with van der Waals surface area (Å²) < 4.78 is 4.82. The molecule has 4 atom stereocenters. The van der Waals surface area contributed by atoms with Crippen molar-refractivity contribution >= 4 is 17.6 Å². The van der Waals surface area contributed by atoms with Crippen LogP contribution in [-0.4, -0.2) is 60.3 Å². The summed E-state index contributed by atoms with van der Waals surface area (Å²) in [6.45, 7) is 8.25. The molecule has 0 spiro atoms. The van der Waals surface area contributed by atoms with E-state index in [4.69, 9.17) is 9.73 Å². The number of rotatable bonds is 3. The number of piperazine rings is 1. The van der Waals surface area contributed by atoms with Gasteiger partial charge in [0, 0.05) is 25.2 Å². The summed E-state index contributed by atoms with van der Waals surface area (Å²) in [6, 6.07) is 5.63. The van der Waals surface area contributed by atoms with Gasteiger partial charge in [-0.05, 0) is 50.8 Å². The van der Waals surface area contributed by atoms with Crippen molar-refractivity contribution < 1.29 is 14.6 Å². The van der Waals surface area contributed by atoms with Crippen LogP contribution in [0.25, 0.3) is 0 Å². The van der Waals surface area contributed by atoms with Crippen molar-refractivity contribution in [2.45, 2.75) is 64.6 Å². The molecule has 1 aliphatic heterocycles. The van der Waals surface area contributed by atoms with Gasteiger partial charge in [0.05, 0.1) is 24.4 Å². The number of esters is 1. The average molecular weight is 403 g/mol. The molecule has 1 aliphatic carbocycles. The van der Waals surface area contributed by atoms with Crippen molar-refractivity contribution in [3.63, 3.8) is 0 Å². The number of hydrogen-bond donors (Lipinski definition) is 3. The third-order valence-electron chi connectivity index (χ3n) is 5.88. The Morgan fingerprint density at radius 3 is 2.55 bits per heavy atom. The van der Waals surface area contributed by atoms with E-state index in [0.29, 0.717) is 29.3 Å². The average Bonchev–Trinajstić information content (AvgIpc) is 2.69. The van der Waals surface area contributed by atoms with Crippen LogP contribution in [0.2, 0.25) is 0 Å². The van der Waals surface area contributed by atoms with Gasteiger partial charge in [0.15, 0.2) is 5.96 Å². The van der Waals surface area contributed by atoms with Crippen LogP contribution in [0.3, 0.4) is 0 Å². The Labute approximate surface area is 173 Å². The number of phenols is 1. The lowest BCUT2D eigenvalue weighted by atomic mass is 9.86. The monoisotopic (exact) mass is 402 g/mol. The molecule has 0 radical (unpaired) electrons. The molecule has 1 saturated carbocycles. The molecule has 160 valence electrons. The molecule has 2 fully saturated rings. The van der Waals surface area contributed by atoms with Crippen molar-refractivity contribution in [3.05, 3.63) is 23.8 Å². The van der Waals surface area contributed by atoms with E-state index in [1.165, 1.54) is 32.4 Å². The van der Waals surface area contributed by atoms with Crippen LogP contribution in [0.5, 0.6) is 5.75 Å². The number of nitrogens with one attached hydrogen (secondary N) is 2. The maximum absolute atomic E-state index is 11.9. The van der Waals surface area contributed by atoms with Crippen molar-refractivity contribution in [1.82, 2.24) is 10.2 Å². The minimum atomic E-state index is -0.433. The van der Waals surface area contributed by atoms with Crippen LogP contribution in [0, 0.1) is 5.92 Å². The van der Waals surface area contributed by atoms with Gasteiger partial charge in [-0.3, -0.25) is 0 Å². The fraction of sp³-hybridized carbons (Fsp3) is 0.636. The summed E-state index contributed by atoms with van der Waals surface area (Å²) in [7, 11) is 1.35. The zero-order chi connectivity index (χ0) is 21.0. The highest BCUT2D eigenvalue weighted by Crippen LogP contribution is 2.29. The predicted molar refractivity (Wildman–Crippen MR) is 116 cm³/mol. The first kappa shape index (κ1) is 21.4. The number of benzene rings is 1. The zero-order valence-corrected chi connectivity index (χ0v) is 17.9. The van der Waals surface area contributed by atoms with E-state index in [2.05, 4.69) is 36.3 Å². The van der Waals surface area contributed by atoms with Crippen LogP contribution in [0.15, 0.2) is 23.2 Å². The molecule has 0 bridgehead atoms. The summed E-state index contributed by atoms with van der Waals surface area (Å²) in [5.41, 5.74) is 0.856. The molecular formula is C22H34N4O3. The second-order valence-electron chi connectivity index (χ2n) is 8.50. The number of aromatic hydroxyl groups is 1. The fourth-order valence-corrected chi connectivity index (χ4v) is 4.34. The second kappa shape index (κ2) is 9.48. The number of methoxy groups -OCH3 is 1. The zero-order valence-electron chi connectivity index (χ0n) is 17.9. The molecule has 1 heterocycles. The maximum atomic E-state index is 11.9. The number of phenolic OH excluding ortho intramolecular Hbond substituents is 1. The van der Waals surface area contributed by atoms with E-state index in [1.807, 2.05) is 0 Å². The van der Waals surface area contributed by atoms with Crippen LogP contribution in [-0.2, 0) is 4.74 Å². The molecule has 1 aromatic carbocycles. The first-order valence-electron chi connectivity index (χ1n) is 10.6. The highest BCUT2D eigenvalue weighted by atomic mass is 16.5. The Morgan fingerprint density at radius 1 is 1.21 bits per heavy atom. The minimum absolute atomic E-state index is 0.0817. The Bertz CT molecular complexity index is 742. The number of nitrogens with zero attached hydrogens (tertiary/aromatic N) is 2. The standard InChI is InChI=1S/C22H34N4O3/c1-14-7-5-6-8-18(14)24-22(26-12-15(2)23-16(3)13-26)25-19-11-17(21(28)29-4)9-10-20(19)27/h9-11,14-16,18,23,27H,5-8,12-13H2,1-4H3,(H,24,25). The summed E-state index contributed by atoms with van der Waals surface area (Å²) in [6.07, 6.45) is 4.74. The Hall–Kier alpha value is -2.28. The largest absolute Gasteiger partial charge is 0.506 e. The SMILES string of the molecule is COC(=O)c1ccc(O)c(NC(=NC2CCCCC2C)N2CC(C)NC(C)C2)c1. The van der Waals surface area contributed by atoms with Gasteiger partial charge in [-0.15, -0.1) is 0 Å². The summed E-state index contributed by atoms with van der Waals surface area (Å²) in [4.78, 5) is 19.3. The van der Waals surface area contributed by atoms with E-state index in [9.17, 15) is 9.90 Å². The van der Waals surface area contributed by atoms with Crippen LogP contribution >= 0.6 is 0 Å². The number of aliphatic imine (C=N–C) groups is 1. The topological polar surface area (TPSA) is 86.2 Å². The van der Waals surface area contributed by atoms with Gasteiger partial charge < -0.3 is 25.4 Å². The van der Waals surface area contributed by atoms with E-state index in [-0.39, 0.29) is 11.8 Å². The van der Waals surface area contributed by atoms with Gasteiger partial charge in [-0.1, -0.05) is 19.8 Å². The molecule has 3 N–H and O–H groups in total. The first-order valence-corrected chi connectivity index (χ1v) is 10.6. The van der Waals surface area contributed by atoms with Gasteiger partial charge in [0.25, 0.3) is 0 Å². The smallest absolute Gasteiger partial charge is 0.337 e. The lowest BCUT2D eigenvalue weighted by Gasteiger charge is -2.39. The number of ether oxygens (including phenoxy) is 1. The number of carbonyl (C=O) groups excluding carboxylic acids is 1. The highest BCUT2D eigenvalue weighted by molar-refractivity contribution is 5.97. The van der Waals surface area contributed by atoms with Gasteiger partial charge in [-0.25, -0.2) is 9.79 Å². The molecule has 1 aromatic rings.